The van der Waals surface area contributed by atoms with E-state index in [1.165, 1.54) is 0 Å². The molecule has 3 aromatic rings. The molecule has 0 aliphatic carbocycles. The van der Waals surface area contributed by atoms with Crippen LogP contribution in [0.25, 0.3) is 22.4 Å². The topological polar surface area (TPSA) is 77.8 Å². The number of pyridine rings is 1. The minimum absolute atomic E-state index is 0.551. The van der Waals surface area contributed by atoms with E-state index < -0.39 is 0 Å². The molecule has 2 N–H and O–H groups in total. The molecule has 21 heavy (non-hydrogen) atoms. The Balaban J connectivity index is 1.75. The van der Waals surface area contributed by atoms with Gasteiger partial charge >= 0.3 is 0 Å². The van der Waals surface area contributed by atoms with Crippen LogP contribution in [0.2, 0.25) is 0 Å². The molecular weight excluding hydrogens is 264 g/mol. The predicted molar refractivity (Wildman–Crippen MR) is 81.6 cm³/mol. The van der Waals surface area contributed by atoms with E-state index in [0.717, 1.165) is 48.8 Å². The molecule has 2 heterocycles. The molecule has 0 radical (unpaired) electrons. The first-order valence-electron chi connectivity index (χ1n) is 7.25. The van der Waals surface area contributed by atoms with Crippen molar-refractivity contribution in [3.63, 3.8) is 0 Å². The van der Waals surface area contributed by atoms with Crippen LogP contribution in [-0.2, 0) is 6.42 Å². The molecule has 0 fully saturated rings. The van der Waals surface area contributed by atoms with Crippen LogP contribution in [0.15, 0.2) is 40.9 Å². The Morgan fingerprint density at radius 1 is 0.952 bits per heavy atom. The number of nitrogens with two attached hydrogens (primary N) is 1. The average molecular weight is 282 g/mol. The van der Waals surface area contributed by atoms with Gasteiger partial charge in [-0.2, -0.15) is 4.98 Å². The van der Waals surface area contributed by atoms with Gasteiger partial charge in [-0.3, -0.25) is 0 Å². The Morgan fingerprint density at radius 3 is 2.76 bits per heavy atom. The molecule has 0 aliphatic rings. The molecule has 108 valence electrons. The molecule has 3 rings (SSSR count). The van der Waals surface area contributed by atoms with E-state index in [2.05, 4.69) is 15.1 Å². The maximum atomic E-state index is 5.47. The van der Waals surface area contributed by atoms with Gasteiger partial charge in [0.25, 0.3) is 0 Å². The number of rotatable bonds is 6. The van der Waals surface area contributed by atoms with Crippen molar-refractivity contribution in [2.45, 2.75) is 25.7 Å². The van der Waals surface area contributed by atoms with Crippen molar-refractivity contribution >= 4 is 10.9 Å². The Labute approximate surface area is 123 Å². The van der Waals surface area contributed by atoms with Crippen LogP contribution in [0.3, 0.4) is 0 Å². The van der Waals surface area contributed by atoms with Gasteiger partial charge < -0.3 is 10.3 Å². The van der Waals surface area contributed by atoms with Gasteiger partial charge in [0, 0.05) is 11.8 Å². The summed E-state index contributed by atoms with van der Waals surface area (Å²) in [6.07, 6.45) is 3.93. The third-order valence-corrected chi connectivity index (χ3v) is 3.39. The highest BCUT2D eigenvalue weighted by molar-refractivity contribution is 5.80. The number of nitrogens with zero attached hydrogens (tertiary/aromatic N) is 3. The molecule has 5 heteroatoms. The first kappa shape index (κ1) is 13.7. The van der Waals surface area contributed by atoms with Crippen molar-refractivity contribution in [1.29, 1.82) is 0 Å². The SMILES string of the molecule is NCCCCCc1nc(-c2ccc3ccccc3n2)no1. The van der Waals surface area contributed by atoms with Gasteiger partial charge in [0.2, 0.25) is 11.7 Å². The number of hydrogen-bond donors (Lipinski definition) is 1. The number of fused-ring (bicyclic) bond motifs is 1. The summed E-state index contributed by atoms with van der Waals surface area (Å²) in [7, 11) is 0. The maximum absolute atomic E-state index is 5.47. The molecule has 0 atom stereocenters. The lowest BCUT2D eigenvalue weighted by atomic mass is 10.2. The number of unbranched alkanes of at least 4 members (excludes halogenated alkanes) is 2. The number of aryl methyl sites for hydroxylation is 1. The molecule has 0 amide bonds. The van der Waals surface area contributed by atoms with Crippen molar-refractivity contribution < 1.29 is 4.52 Å². The monoisotopic (exact) mass is 282 g/mol. The van der Waals surface area contributed by atoms with E-state index in [9.17, 15) is 0 Å². The molecule has 0 aliphatic heterocycles. The largest absolute Gasteiger partial charge is 0.339 e. The second kappa shape index (κ2) is 6.45. The third kappa shape index (κ3) is 3.25. The van der Waals surface area contributed by atoms with Crippen LogP contribution in [0, 0.1) is 0 Å². The highest BCUT2D eigenvalue weighted by Crippen LogP contribution is 2.19. The Kier molecular flexibility index (Phi) is 4.21. The van der Waals surface area contributed by atoms with Gasteiger partial charge in [-0.15, -0.1) is 0 Å². The quantitative estimate of drug-likeness (QED) is 0.703. The Morgan fingerprint density at radius 2 is 1.86 bits per heavy atom. The summed E-state index contributed by atoms with van der Waals surface area (Å²) < 4.78 is 5.28. The molecule has 0 spiro atoms. The maximum Gasteiger partial charge on any atom is 0.227 e. The molecule has 0 saturated carbocycles. The fourth-order valence-corrected chi connectivity index (χ4v) is 2.25. The fourth-order valence-electron chi connectivity index (χ4n) is 2.25. The highest BCUT2D eigenvalue weighted by Gasteiger charge is 2.10. The summed E-state index contributed by atoms with van der Waals surface area (Å²) in [6, 6.07) is 11.9. The van der Waals surface area contributed by atoms with Crippen molar-refractivity contribution in [3.05, 3.63) is 42.3 Å². The van der Waals surface area contributed by atoms with Gasteiger partial charge in [-0.05, 0) is 31.5 Å². The Bertz CT molecular complexity index is 723. The van der Waals surface area contributed by atoms with Crippen molar-refractivity contribution in [2.24, 2.45) is 5.73 Å². The molecule has 2 aromatic heterocycles. The first-order chi connectivity index (χ1) is 10.4. The van der Waals surface area contributed by atoms with Gasteiger partial charge in [0.15, 0.2) is 0 Å². The lowest BCUT2D eigenvalue weighted by molar-refractivity contribution is 0.374. The molecule has 0 unspecified atom stereocenters. The van der Waals surface area contributed by atoms with Gasteiger partial charge in [-0.25, -0.2) is 4.98 Å². The number of benzene rings is 1. The zero-order valence-electron chi connectivity index (χ0n) is 11.8. The minimum atomic E-state index is 0.551. The standard InChI is InChI=1S/C16H18N4O/c17-11-5-1-2-8-15-19-16(20-21-15)14-10-9-12-6-3-4-7-13(12)18-14/h3-4,6-7,9-10H,1-2,5,8,11,17H2. The Hall–Kier alpha value is -2.27. The average Bonchev–Trinajstić information content (AvgIpc) is 3.00. The first-order valence-corrected chi connectivity index (χ1v) is 7.25. The van der Waals surface area contributed by atoms with E-state index in [-0.39, 0.29) is 0 Å². The zero-order chi connectivity index (χ0) is 14.5. The summed E-state index contributed by atoms with van der Waals surface area (Å²) in [6.45, 7) is 0.732. The molecule has 1 aromatic carbocycles. The van der Waals surface area contributed by atoms with E-state index in [1.807, 2.05) is 36.4 Å². The van der Waals surface area contributed by atoms with Crippen LogP contribution < -0.4 is 5.73 Å². The third-order valence-electron chi connectivity index (χ3n) is 3.39. The normalized spacial score (nSPS) is 11.1. The fraction of sp³-hybridized carbons (Fsp3) is 0.312. The van der Waals surface area contributed by atoms with Crippen molar-refractivity contribution in [1.82, 2.24) is 15.1 Å². The van der Waals surface area contributed by atoms with Crippen LogP contribution >= 0.6 is 0 Å². The lowest BCUT2D eigenvalue weighted by Gasteiger charge is -1.98. The number of hydrogen-bond acceptors (Lipinski definition) is 5. The smallest absolute Gasteiger partial charge is 0.227 e. The van der Waals surface area contributed by atoms with E-state index in [0.29, 0.717) is 11.7 Å². The van der Waals surface area contributed by atoms with Crippen LogP contribution in [0.1, 0.15) is 25.2 Å². The second-order valence-corrected chi connectivity index (χ2v) is 5.00. The second-order valence-electron chi connectivity index (χ2n) is 5.00. The van der Waals surface area contributed by atoms with E-state index in [1.54, 1.807) is 0 Å². The number of aromatic nitrogens is 3. The van der Waals surface area contributed by atoms with Crippen LogP contribution in [0.5, 0.6) is 0 Å². The summed E-state index contributed by atoms with van der Waals surface area (Å²) in [4.78, 5) is 8.98. The van der Waals surface area contributed by atoms with Crippen LogP contribution in [0.4, 0.5) is 0 Å². The molecule has 5 nitrogen and oxygen atoms in total. The zero-order valence-corrected chi connectivity index (χ0v) is 11.8. The number of para-hydroxylation sites is 1. The minimum Gasteiger partial charge on any atom is -0.339 e. The lowest BCUT2D eigenvalue weighted by Crippen LogP contribution is -1.98. The van der Waals surface area contributed by atoms with Gasteiger partial charge in [0.1, 0.15) is 5.69 Å². The van der Waals surface area contributed by atoms with Crippen LogP contribution in [-0.4, -0.2) is 21.7 Å². The molecular formula is C16H18N4O. The predicted octanol–water partition coefficient (Wildman–Crippen LogP) is 2.96. The van der Waals surface area contributed by atoms with Gasteiger partial charge in [-0.1, -0.05) is 35.8 Å². The van der Waals surface area contributed by atoms with E-state index in [4.69, 9.17) is 10.3 Å². The van der Waals surface area contributed by atoms with Crippen molar-refractivity contribution in [3.8, 4) is 11.5 Å². The van der Waals surface area contributed by atoms with Gasteiger partial charge in [0.05, 0.1) is 5.52 Å². The van der Waals surface area contributed by atoms with Crippen molar-refractivity contribution in [2.75, 3.05) is 6.54 Å². The summed E-state index contributed by atoms with van der Waals surface area (Å²) in [5, 5.41) is 5.12. The summed E-state index contributed by atoms with van der Waals surface area (Å²) in [5.74, 6) is 1.21. The molecule has 0 bridgehead atoms. The highest BCUT2D eigenvalue weighted by atomic mass is 16.5. The van der Waals surface area contributed by atoms with E-state index >= 15 is 0 Å². The molecule has 0 saturated heterocycles. The summed E-state index contributed by atoms with van der Waals surface area (Å²) >= 11 is 0. The summed E-state index contributed by atoms with van der Waals surface area (Å²) in [5.41, 5.74) is 7.15.